The molecule has 16 heavy (non-hydrogen) atoms. The van der Waals surface area contributed by atoms with Gasteiger partial charge in [0.25, 0.3) is 0 Å². The van der Waals surface area contributed by atoms with E-state index in [1.807, 2.05) is 0 Å². The average Bonchev–Trinajstić information content (AvgIpc) is 2.75. The number of amides is 1. The standard InChI is InChI=1S/C10H12N2O4/c1-14-7-4-11-9(15-2)3-6(7)8-5-12-10(13)16-8/h3-4,8H,5H2,1-2H3,(H,12,13). The Labute approximate surface area is 92.5 Å². The summed E-state index contributed by atoms with van der Waals surface area (Å²) < 4.78 is 15.2. The molecule has 1 fully saturated rings. The molecule has 0 radical (unpaired) electrons. The zero-order valence-corrected chi connectivity index (χ0v) is 9.02. The lowest BCUT2D eigenvalue weighted by atomic mass is 10.1. The molecule has 1 N–H and O–H groups in total. The lowest BCUT2D eigenvalue weighted by Crippen LogP contribution is -2.12. The van der Waals surface area contributed by atoms with Crippen LogP contribution in [0, 0.1) is 0 Å². The van der Waals surface area contributed by atoms with Gasteiger partial charge in [-0.3, -0.25) is 0 Å². The number of cyclic esters (lactones) is 1. The number of alkyl carbamates (subject to hydrolysis) is 1. The van der Waals surface area contributed by atoms with Gasteiger partial charge in [0.2, 0.25) is 5.88 Å². The normalized spacial score (nSPS) is 18.9. The summed E-state index contributed by atoms with van der Waals surface area (Å²) >= 11 is 0. The molecule has 0 bridgehead atoms. The van der Waals surface area contributed by atoms with Gasteiger partial charge in [-0.05, 0) is 0 Å². The fourth-order valence-corrected chi connectivity index (χ4v) is 1.53. The third kappa shape index (κ3) is 1.86. The van der Waals surface area contributed by atoms with Gasteiger partial charge in [-0.25, -0.2) is 9.78 Å². The molecular formula is C10H12N2O4. The van der Waals surface area contributed by atoms with E-state index in [4.69, 9.17) is 14.2 Å². The molecule has 1 unspecified atom stereocenters. The van der Waals surface area contributed by atoms with Crippen molar-refractivity contribution in [1.29, 1.82) is 0 Å². The van der Waals surface area contributed by atoms with Crippen LogP contribution in [-0.4, -0.2) is 31.8 Å². The molecule has 1 atom stereocenters. The van der Waals surface area contributed by atoms with Crippen molar-refractivity contribution in [1.82, 2.24) is 10.3 Å². The van der Waals surface area contributed by atoms with Crippen LogP contribution in [0.5, 0.6) is 11.6 Å². The van der Waals surface area contributed by atoms with Crippen LogP contribution in [-0.2, 0) is 4.74 Å². The lowest BCUT2D eigenvalue weighted by Gasteiger charge is -2.13. The number of rotatable bonds is 3. The highest BCUT2D eigenvalue weighted by Crippen LogP contribution is 2.31. The van der Waals surface area contributed by atoms with Crippen LogP contribution < -0.4 is 14.8 Å². The van der Waals surface area contributed by atoms with Gasteiger partial charge in [0, 0.05) is 11.6 Å². The Morgan fingerprint density at radius 2 is 2.31 bits per heavy atom. The fourth-order valence-electron chi connectivity index (χ4n) is 1.53. The van der Waals surface area contributed by atoms with Crippen molar-refractivity contribution >= 4 is 6.09 Å². The predicted octanol–water partition coefficient (Wildman–Crippen LogP) is 0.880. The molecule has 1 aromatic rings. The van der Waals surface area contributed by atoms with Gasteiger partial charge in [0.05, 0.1) is 27.0 Å². The van der Waals surface area contributed by atoms with E-state index in [0.29, 0.717) is 18.2 Å². The summed E-state index contributed by atoms with van der Waals surface area (Å²) in [5.74, 6) is 1.03. The Balaban J connectivity index is 2.33. The topological polar surface area (TPSA) is 69.7 Å². The molecule has 0 aromatic carbocycles. The molecule has 1 aliphatic heterocycles. The maximum Gasteiger partial charge on any atom is 0.407 e. The molecule has 0 spiro atoms. The number of hydrogen-bond acceptors (Lipinski definition) is 5. The van der Waals surface area contributed by atoms with Gasteiger partial charge < -0.3 is 19.5 Å². The van der Waals surface area contributed by atoms with Crippen molar-refractivity contribution in [3.8, 4) is 11.6 Å². The minimum absolute atomic E-state index is 0.362. The van der Waals surface area contributed by atoms with Crippen molar-refractivity contribution in [2.24, 2.45) is 0 Å². The summed E-state index contributed by atoms with van der Waals surface area (Å²) in [7, 11) is 3.06. The molecule has 6 heteroatoms. The van der Waals surface area contributed by atoms with Gasteiger partial charge in [0.15, 0.2) is 0 Å². The quantitative estimate of drug-likeness (QED) is 0.825. The van der Waals surface area contributed by atoms with E-state index in [1.165, 1.54) is 14.2 Å². The molecule has 6 nitrogen and oxygen atoms in total. The van der Waals surface area contributed by atoms with Crippen molar-refractivity contribution in [3.63, 3.8) is 0 Å². The van der Waals surface area contributed by atoms with Gasteiger partial charge in [0.1, 0.15) is 11.9 Å². The number of hydrogen-bond donors (Lipinski definition) is 1. The molecular weight excluding hydrogens is 212 g/mol. The number of nitrogens with zero attached hydrogens (tertiary/aromatic N) is 1. The van der Waals surface area contributed by atoms with Crippen LogP contribution >= 0.6 is 0 Å². The van der Waals surface area contributed by atoms with Crippen molar-refractivity contribution in [2.75, 3.05) is 20.8 Å². The zero-order valence-electron chi connectivity index (χ0n) is 9.02. The Hall–Kier alpha value is -1.98. The molecule has 2 rings (SSSR count). The van der Waals surface area contributed by atoms with E-state index < -0.39 is 6.09 Å². The Morgan fingerprint density at radius 3 is 2.88 bits per heavy atom. The van der Waals surface area contributed by atoms with Gasteiger partial charge in [-0.2, -0.15) is 0 Å². The third-order valence-corrected chi connectivity index (χ3v) is 2.33. The Kier molecular flexibility index (Phi) is 2.80. The van der Waals surface area contributed by atoms with Crippen LogP contribution in [0.2, 0.25) is 0 Å². The predicted molar refractivity (Wildman–Crippen MR) is 54.6 cm³/mol. The SMILES string of the molecule is COc1cc(C2CNC(=O)O2)c(OC)cn1. The summed E-state index contributed by atoms with van der Waals surface area (Å²) in [5, 5.41) is 2.58. The summed E-state index contributed by atoms with van der Waals surface area (Å²) in [6.07, 6.45) is 0.752. The van der Waals surface area contributed by atoms with Crippen LogP contribution in [0.15, 0.2) is 12.3 Å². The number of aromatic nitrogens is 1. The molecule has 0 aliphatic carbocycles. The van der Waals surface area contributed by atoms with E-state index in [9.17, 15) is 4.79 Å². The first kappa shape index (κ1) is 10.5. The third-order valence-electron chi connectivity index (χ3n) is 2.33. The molecule has 1 aliphatic rings. The number of carbonyl (C=O) groups excluding carboxylic acids is 1. The fraction of sp³-hybridized carbons (Fsp3) is 0.400. The number of nitrogens with one attached hydrogen (secondary N) is 1. The minimum atomic E-state index is -0.428. The molecule has 0 saturated carbocycles. The van der Waals surface area contributed by atoms with Gasteiger partial charge in [-0.15, -0.1) is 0 Å². The van der Waals surface area contributed by atoms with Crippen LogP contribution in [0.3, 0.4) is 0 Å². The first-order chi connectivity index (χ1) is 7.74. The highest BCUT2D eigenvalue weighted by molar-refractivity contribution is 5.70. The number of ether oxygens (including phenoxy) is 3. The second-order valence-corrected chi connectivity index (χ2v) is 3.24. The zero-order chi connectivity index (χ0) is 11.5. The van der Waals surface area contributed by atoms with Crippen LogP contribution in [0.25, 0.3) is 0 Å². The van der Waals surface area contributed by atoms with E-state index in [2.05, 4.69) is 10.3 Å². The largest absolute Gasteiger partial charge is 0.495 e. The second-order valence-electron chi connectivity index (χ2n) is 3.24. The summed E-state index contributed by atoms with van der Waals surface area (Å²) in [5.41, 5.74) is 0.743. The van der Waals surface area contributed by atoms with Crippen molar-refractivity contribution in [3.05, 3.63) is 17.8 Å². The highest BCUT2D eigenvalue weighted by Gasteiger charge is 2.27. The summed E-state index contributed by atoms with van der Waals surface area (Å²) in [6, 6.07) is 1.70. The molecule has 1 aromatic heterocycles. The average molecular weight is 224 g/mol. The highest BCUT2D eigenvalue weighted by atomic mass is 16.6. The lowest BCUT2D eigenvalue weighted by molar-refractivity contribution is 0.139. The molecule has 1 saturated heterocycles. The molecule has 2 heterocycles. The molecule has 1 amide bonds. The van der Waals surface area contributed by atoms with E-state index in [1.54, 1.807) is 12.3 Å². The van der Waals surface area contributed by atoms with Crippen LogP contribution in [0.4, 0.5) is 4.79 Å². The van der Waals surface area contributed by atoms with E-state index >= 15 is 0 Å². The first-order valence-electron chi connectivity index (χ1n) is 4.77. The maximum absolute atomic E-state index is 11.0. The van der Waals surface area contributed by atoms with Crippen molar-refractivity contribution in [2.45, 2.75) is 6.10 Å². The maximum atomic E-state index is 11.0. The van der Waals surface area contributed by atoms with E-state index in [0.717, 1.165) is 5.56 Å². The Morgan fingerprint density at radius 1 is 1.50 bits per heavy atom. The minimum Gasteiger partial charge on any atom is -0.495 e. The monoisotopic (exact) mass is 224 g/mol. The number of pyridine rings is 1. The molecule has 86 valence electrons. The summed E-state index contributed by atoms with van der Waals surface area (Å²) in [6.45, 7) is 0.419. The van der Waals surface area contributed by atoms with Gasteiger partial charge >= 0.3 is 6.09 Å². The van der Waals surface area contributed by atoms with Gasteiger partial charge in [-0.1, -0.05) is 0 Å². The van der Waals surface area contributed by atoms with Crippen LogP contribution in [0.1, 0.15) is 11.7 Å². The number of carbonyl (C=O) groups is 1. The van der Waals surface area contributed by atoms with E-state index in [-0.39, 0.29) is 6.10 Å². The summed E-state index contributed by atoms with van der Waals surface area (Å²) in [4.78, 5) is 15.0. The second kappa shape index (κ2) is 4.26. The number of methoxy groups -OCH3 is 2. The first-order valence-corrected chi connectivity index (χ1v) is 4.77. The van der Waals surface area contributed by atoms with Crippen molar-refractivity contribution < 1.29 is 19.0 Å². The smallest absolute Gasteiger partial charge is 0.407 e. The Bertz CT molecular complexity index is 408.